The molecule has 1 aromatic heterocycles. The molecule has 0 bridgehead atoms. The van der Waals surface area contributed by atoms with Crippen LogP contribution in [0.2, 0.25) is 0 Å². The number of benzene rings is 1. The van der Waals surface area contributed by atoms with Crippen LogP contribution in [0.25, 0.3) is 10.9 Å². The zero-order valence-electron chi connectivity index (χ0n) is 11.6. The van der Waals surface area contributed by atoms with E-state index in [1.807, 2.05) is 0 Å². The number of aromatic amines is 1. The molecule has 6 nitrogen and oxygen atoms in total. The van der Waals surface area contributed by atoms with Gasteiger partial charge in [-0.25, -0.2) is 13.1 Å². The number of nitrogens with two attached hydrogens (primary N) is 1. The third kappa shape index (κ3) is 2.52. The Labute approximate surface area is 123 Å². The highest BCUT2D eigenvalue weighted by Gasteiger charge is 2.38. The van der Waals surface area contributed by atoms with Gasteiger partial charge in [0.25, 0.3) is 0 Å². The van der Waals surface area contributed by atoms with E-state index in [1.165, 1.54) is 6.20 Å². The van der Waals surface area contributed by atoms with E-state index in [0.29, 0.717) is 29.4 Å². The van der Waals surface area contributed by atoms with E-state index in [-0.39, 0.29) is 11.5 Å². The van der Waals surface area contributed by atoms with E-state index < -0.39 is 15.6 Å². The minimum Gasteiger partial charge on any atom is -0.399 e. The van der Waals surface area contributed by atoms with Crippen LogP contribution in [-0.2, 0) is 10.0 Å². The van der Waals surface area contributed by atoms with Crippen molar-refractivity contribution in [3.8, 4) is 0 Å². The maximum Gasteiger partial charge on any atom is 0.243 e. The summed E-state index contributed by atoms with van der Waals surface area (Å²) >= 11 is 0. The number of aromatic nitrogens is 1. The van der Waals surface area contributed by atoms with Crippen LogP contribution in [0.4, 0.5) is 5.69 Å². The van der Waals surface area contributed by atoms with Crippen molar-refractivity contribution in [1.82, 2.24) is 9.71 Å². The van der Waals surface area contributed by atoms with E-state index in [1.54, 1.807) is 18.2 Å². The Morgan fingerprint density at radius 1 is 1.33 bits per heavy atom. The van der Waals surface area contributed by atoms with Crippen LogP contribution >= 0.6 is 0 Å². The van der Waals surface area contributed by atoms with Gasteiger partial charge < -0.3 is 15.8 Å². The second kappa shape index (κ2) is 5.01. The normalized spacial score (nSPS) is 18.3. The average molecular weight is 309 g/mol. The molecule has 3 rings (SSSR count). The molecular weight excluding hydrogens is 290 g/mol. The van der Waals surface area contributed by atoms with Crippen LogP contribution in [-0.4, -0.2) is 30.7 Å². The van der Waals surface area contributed by atoms with Crippen molar-refractivity contribution in [3.05, 3.63) is 24.4 Å². The maximum atomic E-state index is 12.7. The summed E-state index contributed by atoms with van der Waals surface area (Å²) in [5, 5.41) is 10.1. The summed E-state index contributed by atoms with van der Waals surface area (Å²) in [4.78, 5) is 3.11. The first-order valence-electron chi connectivity index (χ1n) is 6.97. The fourth-order valence-corrected chi connectivity index (χ4v) is 4.64. The van der Waals surface area contributed by atoms with Crippen LogP contribution in [0.3, 0.4) is 0 Å². The highest BCUT2D eigenvalue weighted by Crippen LogP contribution is 2.32. The molecule has 1 saturated carbocycles. The number of rotatable bonds is 4. The van der Waals surface area contributed by atoms with Gasteiger partial charge in [0.2, 0.25) is 10.0 Å². The van der Waals surface area contributed by atoms with Gasteiger partial charge in [0.1, 0.15) is 4.90 Å². The number of fused-ring (bicyclic) bond motifs is 1. The molecule has 114 valence electrons. The molecule has 1 aliphatic carbocycles. The SMILES string of the molecule is Nc1ccc2[nH]cc(S(=O)(=O)NC3(CO)CCCC3)c2c1. The predicted octanol–water partition coefficient (Wildman–Crippen LogP) is 1.33. The van der Waals surface area contributed by atoms with Crippen molar-refractivity contribution in [2.24, 2.45) is 0 Å². The monoisotopic (exact) mass is 309 g/mol. The molecule has 0 aliphatic heterocycles. The standard InChI is InChI=1S/C14H19N3O3S/c15-10-3-4-12-11(7-10)13(8-16-12)21(19,20)17-14(9-18)5-1-2-6-14/h3-4,7-8,16-18H,1-2,5-6,9,15H2. The van der Waals surface area contributed by atoms with Gasteiger partial charge in [0, 0.05) is 22.8 Å². The van der Waals surface area contributed by atoms with E-state index in [9.17, 15) is 13.5 Å². The summed E-state index contributed by atoms with van der Waals surface area (Å²) in [6.07, 6.45) is 4.63. The van der Waals surface area contributed by atoms with E-state index in [0.717, 1.165) is 12.8 Å². The molecule has 0 atom stereocenters. The summed E-state index contributed by atoms with van der Waals surface area (Å²) < 4.78 is 28.0. The van der Waals surface area contributed by atoms with Crippen LogP contribution in [0.1, 0.15) is 25.7 Å². The number of nitrogen functional groups attached to an aromatic ring is 1. The lowest BCUT2D eigenvalue weighted by Gasteiger charge is -2.27. The highest BCUT2D eigenvalue weighted by molar-refractivity contribution is 7.89. The van der Waals surface area contributed by atoms with Crippen molar-refractivity contribution in [1.29, 1.82) is 0 Å². The molecule has 21 heavy (non-hydrogen) atoms. The van der Waals surface area contributed by atoms with Crippen molar-refractivity contribution < 1.29 is 13.5 Å². The van der Waals surface area contributed by atoms with Gasteiger partial charge in [0.05, 0.1) is 12.1 Å². The van der Waals surface area contributed by atoms with Crippen LogP contribution in [0.15, 0.2) is 29.3 Å². The summed E-state index contributed by atoms with van der Waals surface area (Å²) in [5.74, 6) is 0. The quantitative estimate of drug-likeness (QED) is 0.639. The smallest absolute Gasteiger partial charge is 0.243 e. The fraction of sp³-hybridized carbons (Fsp3) is 0.429. The summed E-state index contributed by atoms with van der Waals surface area (Å²) in [5.41, 5.74) is 6.24. The first kappa shape index (κ1) is 14.4. The van der Waals surface area contributed by atoms with Crippen LogP contribution in [0.5, 0.6) is 0 Å². The molecule has 0 radical (unpaired) electrons. The number of hydrogen-bond donors (Lipinski definition) is 4. The van der Waals surface area contributed by atoms with Gasteiger partial charge in [-0.1, -0.05) is 12.8 Å². The molecule has 1 aromatic carbocycles. The van der Waals surface area contributed by atoms with Gasteiger partial charge in [-0.2, -0.15) is 0 Å². The number of aliphatic hydroxyl groups excluding tert-OH is 1. The van der Waals surface area contributed by atoms with Crippen LogP contribution < -0.4 is 10.5 Å². The summed E-state index contributed by atoms with van der Waals surface area (Å²) in [6.45, 7) is -0.184. The Morgan fingerprint density at radius 2 is 2.05 bits per heavy atom. The molecule has 0 amide bonds. The van der Waals surface area contributed by atoms with Crippen molar-refractivity contribution >= 4 is 26.6 Å². The number of hydrogen-bond acceptors (Lipinski definition) is 4. The lowest BCUT2D eigenvalue weighted by Crippen LogP contribution is -2.49. The van der Waals surface area contributed by atoms with Gasteiger partial charge in [-0.05, 0) is 31.0 Å². The molecule has 7 heteroatoms. The second-order valence-corrected chi connectivity index (χ2v) is 7.36. The van der Waals surface area contributed by atoms with Gasteiger partial charge in [-0.3, -0.25) is 0 Å². The topological polar surface area (TPSA) is 108 Å². The van der Waals surface area contributed by atoms with Gasteiger partial charge in [-0.15, -0.1) is 0 Å². The molecule has 1 aliphatic rings. The minimum absolute atomic E-state index is 0.171. The van der Waals surface area contributed by atoms with Crippen molar-refractivity contribution in [2.45, 2.75) is 36.1 Å². The number of anilines is 1. The van der Waals surface area contributed by atoms with E-state index in [4.69, 9.17) is 5.73 Å². The maximum absolute atomic E-state index is 12.7. The summed E-state index contributed by atoms with van der Waals surface area (Å²) in [7, 11) is -3.71. The zero-order chi connectivity index (χ0) is 15.1. The first-order valence-corrected chi connectivity index (χ1v) is 8.46. The average Bonchev–Trinajstić information content (AvgIpc) is 3.05. The van der Waals surface area contributed by atoms with Gasteiger partial charge in [0.15, 0.2) is 0 Å². The number of nitrogens with one attached hydrogen (secondary N) is 2. The molecule has 1 heterocycles. The van der Waals surface area contributed by atoms with Crippen LogP contribution in [0, 0.1) is 0 Å². The zero-order valence-corrected chi connectivity index (χ0v) is 12.4. The molecule has 0 spiro atoms. The van der Waals surface area contributed by atoms with E-state index >= 15 is 0 Å². The third-order valence-corrected chi connectivity index (χ3v) is 5.79. The lowest BCUT2D eigenvalue weighted by molar-refractivity contribution is 0.185. The highest BCUT2D eigenvalue weighted by atomic mass is 32.2. The number of sulfonamides is 1. The molecular formula is C14H19N3O3S. The summed E-state index contributed by atoms with van der Waals surface area (Å²) in [6, 6.07) is 5.11. The van der Waals surface area contributed by atoms with Crippen molar-refractivity contribution in [3.63, 3.8) is 0 Å². The fourth-order valence-electron chi connectivity index (χ4n) is 3.02. The molecule has 0 saturated heterocycles. The third-order valence-electron chi connectivity index (χ3n) is 4.17. The molecule has 1 fully saturated rings. The number of H-pyrrole nitrogens is 1. The Kier molecular flexibility index (Phi) is 3.43. The molecule has 5 N–H and O–H groups in total. The molecule has 0 unspecified atom stereocenters. The van der Waals surface area contributed by atoms with Gasteiger partial charge >= 0.3 is 0 Å². The molecule has 2 aromatic rings. The largest absolute Gasteiger partial charge is 0.399 e. The predicted molar refractivity (Wildman–Crippen MR) is 81.3 cm³/mol. The second-order valence-electron chi connectivity index (χ2n) is 5.71. The Hall–Kier alpha value is -1.57. The lowest BCUT2D eigenvalue weighted by atomic mass is 10.0. The van der Waals surface area contributed by atoms with Crippen molar-refractivity contribution in [2.75, 3.05) is 12.3 Å². The Morgan fingerprint density at radius 3 is 2.71 bits per heavy atom. The Balaban J connectivity index is 2.02. The first-order chi connectivity index (χ1) is 9.96. The Bertz CT molecular complexity index is 761. The minimum atomic E-state index is -3.71. The van der Waals surface area contributed by atoms with E-state index in [2.05, 4.69) is 9.71 Å². The number of aliphatic hydroxyl groups is 1.